The third-order valence-electron chi connectivity index (χ3n) is 3.04. The van der Waals surface area contributed by atoms with E-state index < -0.39 is 0 Å². The number of anilines is 1. The molecule has 1 atom stereocenters. The van der Waals surface area contributed by atoms with Crippen LogP contribution in [0.3, 0.4) is 0 Å². The molecule has 0 fully saturated rings. The lowest BCUT2D eigenvalue weighted by Gasteiger charge is -2.16. The molecule has 96 valence electrons. The minimum absolute atomic E-state index is 0.0360. The molecule has 0 aliphatic heterocycles. The maximum absolute atomic E-state index is 11.8. The van der Waals surface area contributed by atoms with Gasteiger partial charge in [-0.1, -0.05) is 0 Å². The van der Waals surface area contributed by atoms with Crippen LogP contribution in [0.2, 0.25) is 0 Å². The highest BCUT2D eigenvalue weighted by Gasteiger charge is 2.04. The zero-order chi connectivity index (χ0) is 12.8. The summed E-state index contributed by atoms with van der Waals surface area (Å²) >= 11 is 0. The molecule has 1 aromatic rings. The number of nitrogens with one attached hydrogen (secondary N) is 1. The largest absolute Gasteiger partial charge is 0.373 e. The second-order valence-electron chi connectivity index (χ2n) is 4.27. The predicted molar refractivity (Wildman–Crippen MR) is 70.6 cm³/mol. The van der Waals surface area contributed by atoms with Gasteiger partial charge in [0, 0.05) is 32.2 Å². The molecule has 0 saturated carbocycles. The van der Waals surface area contributed by atoms with Crippen molar-refractivity contribution in [3.05, 3.63) is 22.6 Å². The zero-order valence-electron chi connectivity index (χ0n) is 11.1. The van der Waals surface area contributed by atoms with Gasteiger partial charge in [0.2, 0.25) is 0 Å². The number of hydrogen-bond acceptors (Lipinski definition) is 4. The fraction of sp³-hybridized carbons (Fsp3) is 0.667. The Hall–Kier alpha value is -1.36. The Morgan fingerprint density at radius 1 is 1.59 bits per heavy atom. The molecular weight excluding hydrogens is 216 g/mol. The van der Waals surface area contributed by atoms with Gasteiger partial charge in [-0.05, 0) is 27.3 Å². The van der Waals surface area contributed by atoms with Crippen LogP contribution in [-0.4, -0.2) is 36.5 Å². The number of nitrogens with zero attached hydrogens (tertiary/aromatic N) is 3. The monoisotopic (exact) mass is 238 g/mol. The van der Waals surface area contributed by atoms with Crippen LogP contribution < -0.4 is 15.8 Å². The van der Waals surface area contributed by atoms with Crippen molar-refractivity contribution in [2.24, 2.45) is 0 Å². The van der Waals surface area contributed by atoms with E-state index in [0.717, 1.165) is 18.7 Å². The molecule has 0 spiro atoms. The first-order valence-electron chi connectivity index (χ1n) is 6.04. The smallest absolute Gasteiger partial charge is 0.268 e. The molecule has 0 radical (unpaired) electrons. The second kappa shape index (κ2) is 6.39. The van der Waals surface area contributed by atoms with Crippen molar-refractivity contribution in [2.75, 3.05) is 25.5 Å². The van der Waals surface area contributed by atoms with Crippen LogP contribution in [-0.2, 0) is 6.54 Å². The molecule has 17 heavy (non-hydrogen) atoms. The molecular formula is C12H22N4O. The van der Waals surface area contributed by atoms with Gasteiger partial charge in [-0.25, -0.2) is 4.68 Å². The first kappa shape index (κ1) is 13.7. The van der Waals surface area contributed by atoms with Crippen LogP contribution in [0, 0.1) is 0 Å². The highest BCUT2D eigenvalue weighted by atomic mass is 16.1. The quantitative estimate of drug-likeness (QED) is 0.792. The summed E-state index contributed by atoms with van der Waals surface area (Å²) in [6.07, 6.45) is 2.64. The Morgan fingerprint density at radius 2 is 2.29 bits per heavy atom. The van der Waals surface area contributed by atoms with Gasteiger partial charge in [-0.2, -0.15) is 5.10 Å². The molecule has 1 rings (SSSR count). The molecule has 1 unspecified atom stereocenters. The number of rotatable bonds is 6. The standard InChI is InChI=1S/C12H22N4O/c1-5-15(4)11-8-12(17)16(14-9-11)7-6-10(2)13-3/h8-10,13H,5-7H2,1-4H3. The predicted octanol–water partition coefficient (Wildman–Crippen LogP) is 0.697. The minimum atomic E-state index is -0.0360. The SMILES string of the molecule is CCN(C)c1cnn(CCC(C)NC)c(=O)c1. The molecule has 0 aliphatic carbocycles. The van der Waals surface area contributed by atoms with E-state index in [0.29, 0.717) is 12.6 Å². The maximum Gasteiger partial charge on any atom is 0.268 e. The van der Waals surface area contributed by atoms with Gasteiger partial charge >= 0.3 is 0 Å². The first-order valence-corrected chi connectivity index (χ1v) is 6.04. The molecule has 5 nitrogen and oxygen atoms in total. The third-order valence-corrected chi connectivity index (χ3v) is 3.04. The van der Waals surface area contributed by atoms with Crippen molar-refractivity contribution in [3.8, 4) is 0 Å². The third kappa shape index (κ3) is 3.85. The van der Waals surface area contributed by atoms with Gasteiger partial charge in [-0.15, -0.1) is 0 Å². The van der Waals surface area contributed by atoms with Crippen molar-refractivity contribution < 1.29 is 0 Å². The van der Waals surface area contributed by atoms with Crippen LogP contribution in [0.15, 0.2) is 17.1 Å². The molecule has 0 amide bonds. The Bertz CT molecular complexity index is 402. The van der Waals surface area contributed by atoms with Gasteiger partial charge in [-0.3, -0.25) is 4.79 Å². The van der Waals surface area contributed by atoms with Crippen LogP contribution in [0.1, 0.15) is 20.3 Å². The van der Waals surface area contributed by atoms with Gasteiger partial charge < -0.3 is 10.2 Å². The van der Waals surface area contributed by atoms with E-state index in [1.165, 1.54) is 4.68 Å². The summed E-state index contributed by atoms with van der Waals surface area (Å²) in [7, 11) is 3.87. The zero-order valence-corrected chi connectivity index (χ0v) is 11.1. The lowest BCUT2D eigenvalue weighted by atomic mass is 10.2. The summed E-state index contributed by atoms with van der Waals surface area (Å²) in [5.74, 6) is 0. The second-order valence-corrected chi connectivity index (χ2v) is 4.27. The topological polar surface area (TPSA) is 50.2 Å². The van der Waals surface area contributed by atoms with E-state index in [9.17, 15) is 4.79 Å². The first-order chi connectivity index (χ1) is 8.08. The minimum Gasteiger partial charge on any atom is -0.373 e. The Labute approximate surface area is 102 Å². The average Bonchev–Trinajstić information content (AvgIpc) is 2.35. The van der Waals surface area contributed by atoms with E-state index in [-0.39, 0.29) is 5.56 Å². The molecule has 0 aliphatic rings. The van der Waals surface area contributed by atoms with Crippen LogP contribution in [0.4, 0.5) is 5.69 Å². The summed E-state index contributed by atoms with van der Waals surface area (Å²) in [5, 5.41) is 7.33. The van der Waals surface area contributed by atoms with Crippen LogP contribution in [0.5, 0.6) is 0 Å². The average molecular weight is 238 g/mol. The molecule has 1 heterocycles. The summed E-state index contributed by atoms with van der Waals surface area (Å²) in [6, 6.07) is 2.03. The van der Waals surface area contributed by atoms with Crippen molar-refractivity contribution in [1.82, 2.24) is 15.1 Å². The molecule has 0 bridgehead atoms. The number of aromatic nitrogens is 2. The van der Waals surface area contributed by atoms with Gasteiger partial charge in [0.25, 0.3) is 5.56 Å². The lowest BCUT2D eigenvalue weighted by molar-refractivity contribution is 0.471. The van der Waals surface area contributed by atoms with Gasteiger partial charge in [0.1, 0.15) is 0 Å². The Kier molecular flexibility index (Phi) is 5.15. The Balaban J connectivity index is 2.73. The van der Waals surface area contributed by atoms with Gasteiger partial charge in [0.05, 0.1) is 11.9 Å². The maximum atomic E-state index is 11.8. The number of hydrogen-bond donors (Lipinski definition) is 1. The summed E-state index contributed by atoms with van der Waals surface area (Å²) < 4.78 is 1.51. The molecule has 0 aromatic carbocycles. The van der Waals surface area contributed by atoms with Crippen molar-refractivity contribution in [3.63, 3.8) is 0 Å². The van der Waals surface area contributed by atoms with Crippen molar-refractivity contribution >= 4 is 5.69 Å². The van der Waals surface area contributed by atoms with E-state index in [1.54, 1.807) is 12.3 Å². The van der Waals surface area contributed by atoms with Crippen LogP contribution >= 0.6 is 0 Å². The fourth-order valence-electron chi connectivity index (χ4n) is 1.44. The normalized spacial score (nSPS) is 12.5. The summed E-state index contributed by atoms with van der Waals surface area (Å²) in [4.78, 5) is 13.8. The van der Waals surface area contributed by atoms with Crippen LogP contribution in [0.25, 0.3) is 0 Å². The van der Waals surface area contributed by atoms with E-state index >= 15 is 0 Å². The molecule has 1 N–H and O–H groups in total. The highest BCUT2D eigenvalue weighted by Crippen LogP contribution is 2.05. The van der Waals surface area contributed by atoms with Crippen molar-refractivity contribution in [1.29, 1.82) is 0 Å². The fourth-order valence-corrected chi connectivity index (χ4v) is 1.44. The summed E-state index contributed by atoms with van der Waals surface area (Å²) in [5.41, 5.74) is 0.835. The highest BCUT2D eigenvalue weighted by molar-refractivity contribution is 5.41. The van der Waals surface area contributed by atoms with Gasteiger partial charge in [0.15, 0.2) is 0 Å². The molecule has 5 heteroatoms. The van der Waals surface area contributed by atoms with E-state index in [2.05, 4.69) is 17.3 Å². The van der Waals surface area contributed by atoms with Crippen molar-refractivity contribution in [2.45, 2.75) is 32.9 Å². The molecule has 1 aromatic heterocycles. The van der Waals surface area contributed by atoms with E-state index in [1.807, 2.05) is 25.9 Å². The lowest BCUT2D eigenvalue weighted by Crippen LogP contribution is -2.29. The van der Waals surface area contributed by atoms with E-state index in [4.69, 9.17) is 0 Å². The molecule has 0 saturated heterocycles. The number of aryl methyl sites for hydroxylation is 1. The Morgan fingerprint density at radius 3 is 2.82 bits per heavy atom. The summed E-state index contributed by atoms with van der Waals surface area (Å²) in [6.45, 7) is 5.64.